The number of nitrogens with zero attached hydrogens (tertiary/aromatic N) is 4. The zero-order valence-corrected chi connectivity index (χ0v) is 25.0. The summed E-state index contributed by atoms with van der Waals surface area (Å²) in [5.74, 6) is 1.15. The fourth-order valence-electron chi connectivity index (χ4n) is 7.25. The summed E-state index contributed by atoms with van der Waals surface area (Å²) in [7, 11) is 0. The van der Waals surface area contributed by atoms with Gasteiger partial charge in [-0.25, -0.2) is 4.68 Å². The number of carbonyl (C=O) groups is 3. The Bertz CT molecular complexity index is 1350. The molecule has 1 aromatic heterocycles. The number of benzene rings is 1. The molecule has 0 unspecified atom stereocenters. The van der Waals surface area contributed by atoms with Gasteiger partial charge in [-0.1, -0.05) is 39.0 Å². The molecule has 41 heavy (non-hydrogen) atoms. The van der Waals surface area contributed by atoms with Crippen LogP contribution in [0.4, 0.5) is 0 Å². The molecule has 5 rings (SSSR count). The highest BCUT2D eigenvalue weighted by atomic mass is 16.2. The average Bonchev–Trinajstić information content (AvgIpc) is 2.94. The third-order valence-electron chi connectivity index (χ3n) is 9.53. The number of aryl methyl sites for hydroxylation is 1. The molecule has 2 aromatic rings. The van der Waals surface area contributed by atoms with Crippen LogP contribution in [0.1, 0.15) is 71.4 Å². The van der Waals surface area contributed by atoms with Gasteiger partial charge in [0.25, 0.3) is 5.56 Å². The monoisotopic (exact) mass is 563 g/mol. The van der Waals surface area contributed by atoms with E-state index in [-0.39, 0.29) is 59.7 Å². The molecule has 9 nitrogen and oxygen atoms in total. The molecule has 0 aliphatic carbocycles. The number of hydrogen-bond donors (Lipinski definition) is 1. The van der Waals surface area contributed by atoms with E-state index in [1.165, 1.54) is 4.68 Å². The molecule has 3 aliphatic heterocycles. The minimum atomic E-state index is -0.254. The second-order valence-electron chi connectivity index (χ2n) is 13.1. The van der Waals surface area contributed by atoms with Crippen molar-refractivity contribution in [2.45, 2.75) is 91.3 Å². The molecule has 9 heteroatoms. The number of hydrogen-bond acceptors (Lipinski definition) is 5. The van der Waals surface area contributed by atoms with E-state index >= 15 is 0 Å². The number of nitrogens with one attached hydrogen (secondary N) is 1. The Morgan fingerprint density at radius 3 is 2.56 bits per heavy atom. The van der Waals surface area contributed by atoms with Crippen LogP contribution in [0.5, 0.6) is 0 Å². The summed E-state index contributed by atoms with van der Waals surface area (Å²) in [4.78, 5) is 57.0. The molecule has 2 bridgehead atoms. The third kappa shape index (κ3) is 6.49. The maximum absolute atomic E-state index is 13.6. The maximum atomic E-state index is 13.6. The lowest BCUT2D eigenvalue weighted by molar-refractivity contribution is -0.146. The molecule has 3 aliphatic rings. The lowest BCUT2D eigenvalue weighted by Crippen LogP contribution is -2.60. The first-order chi connectivity index (χ1) is 19.6. The van der Waals surface area contributed by atoms with Gasteiger partial charge in [-0.05, 0) is 68.8 Å². The van der Waals surface area contributed by atoms with Crippen molar-refractivity contribution in [2.75, 3.05) is 19.6 Å². The van der Waals surface area contributed by atoms with Crippen LogP contribution >= 0.6 is 0 Å². The Balaban J connectivity index is 1.32. The lowest BCUT2D eigenvalue weighted by Gasteiger charge is -2.51. The summed E-state index contributed by atoms with van der Waals surface area (Å²) in [5.41, 5.74) is 0.468. The summed E-state index contributed by atoms with van der Waals surface area (Å²) in [6.07, 6.45) is 5.21. The number of likely N-dealkylation sites (tertiary alicyclic amines) is 1. The highest BCUT2D eigenvalue weighted by Crippen LogP contribution is 2.36. The zero-order chi connectivity index (χ0) is 29.3. The molecule has 5 atom stereocenters. The first-order valence-corrected chi connectivity index (χ1v) is 15.4. The first-order valence-electron chi connectivity index (χ1n) is 15.4. The van der Waals surface area contributed by atoms with E-state index in [4.69, 9.17) is 0 Å². The summed E-state index contributed by atoms with van der Waals surface area (Å²) in [6.45, 7) is 9.97. The van der Waals surface area contributed by atoms with Crippen LogP contribution in [-0.2, 0) is 20.9 Å². The predicted molar refractivity (Wildman–Crippen MR) is 158 cm³/mol. The molecule has 1 N–H and O–H groups in total. The second kappa shape index (κ2) is 12.3. The van der Waals surface area contributed by atoms with Crippen molar-refractivity contribution in [1.29, 1.82) is 0 Å². The molecule has 3 fully saturated rings. The number of fused-ring (bicyclic) bond motifs is 5. The van der Waals surface area contributed by atoms with Gasteiger partial charge < -0.3 is 15.1 Å². The Morgan fingerprint density at radius 1 is 1.05 bits per heavy atom. The SMILES string of the molecule is Cc1nn(CC(=O)N2C[C@@H]3C[C@H](C2)[C@@H]2CCCC(=O)N[C@H](C(C)C)CC[C@@H](C)CC(=O)N2C3)c(=O)c2ccccc12. The van der Waals surface area contributed by atoms with Crippen molar-refractivity contribution in [2.24, 2.45) is 23.7 Å². The number of aromatic nitrogens is 2. The molecule has 4 heterocycles. The zero-order valence-electron chi connectivity index (χ0n) is 25.0. The van der Waals surface area contributed by atoms with Crippen LogP contribution in [0.15, 0.2) is 29.1 Å². The number of piperidine rings is 2. The van der Waals surface area contributed by atoms with Gasteiger partial charge in [-0.15, -0.1) is 0 Å². The quantitative estimate of drug-likeness (QED) is 0.616. The van der Waals surface area contributed by atoms with Gasteiger partial charge in [0.15, 0.2) is 0 Å². The summed E-state index contributed by atoms with van der Waals surface area (Å²) in [6, 6.07) is 7.51. The molecule has 0 radical (unpaired) electrons. The highest BCUT2D eigenvalue weighted by molar-refractivity contribution is 5.84. The fourth-order valence-corrected chi connectivity index (χ4v) is 7.25. The molecular weight excluding hydrogens is 518 g/mol. The van der Waals surface area contributed by atoms with E-state index in [2.05, 4.69) is 36.1 Å². The highest BCUT2D eigenvalue weighted by Gasteiger charge is 2.43. The van der Waals surface area contributed by atoms with E-state index in [0.29, 0.717) is 50.2 Å². The molecule has 0 saturated carbocycles. The average molecular weight is 564 g/mol. The van der Waals surface area contributed by atoms with Gasteiger partial charge in [0.2, 0.25) is 17.7 Å². The summed E-state index contributed by atoms with van der Waals surface area (Å²) >= 11 is 0. The van der Waals surface area contributed by atoms with E-state index in [1.807, 2.05) is 30.0 Å². The Labute approximate surface area is 242 Å². The Morgan fingerprint density at radius 2 is 1.80 bits per heavy atom. The van der Waals surface area contributed by atoms with E-state index in [1.54, 1.807) is 6.07 Å². The first kappa shape index (κ1) is 29.3. The topological polar surface area (TPSA) is 105 Å². The minimum Gasteiger partial charge on any atom is -0.353 e. The van der Waals surface area contributed by atoms with Crippen molar-refractivity contribution >= 4 is 28.5 Å². The van der Waals surface area contributed by atoms with Crippen LogP contribution in [0.25, 0.3) is 10.8 Å². The minimum absolute atomic E-state index is 0.0137. The molecule has 0 spiro atoms. The van der Waals surface area contributed by atoms with Crippen LogP contribution in [-0.4, -0.2) is 69.0 Å². The number of carbonyl (C=O) groups excluding carboxylic acids is 3. The smallest absolute Gasteiger partial charge is 0.275 e. The predicted octanol–water partition coefficient (Wildman–Crippen LogP) is 3.51. The van der Waals surface area contributed by atoms with Crippen molar-refractivity contribution in [3.63, 3.8) is 0 Å². The fraction of sp³-hybridized carbons (Fsp3) is 0.656. The third-order valence-corrected chi connectivity index (χ3v) is 9.53. The van der Waals surface area contributed by atoms with Crippen LogP contribution in [0.3, 0.4) is 0 Å². The molecule has 3 amide bonds. The van der Waals surface area contributed by atoms with Crippen molar-refractivity contribution in [1.82, 2.24) is 24.9 Å². The molecule has 3 saturated heterocycles. The standard InChI is InChI=1S/C32H45N5O4/c1-20(2)27-13-12-21(3)14-30(39)36-17-23-15-24(28(36)10-7-11-29(38)33-27)18-35(16-23)31(40)19-37-32(41)26-9-6-5-8-25(26)22(4)34-37/h5-6,8-9,20-21,23-24,27-28H,7,10-19H2,1-4H3,(H,33,38)/t21-,23+,24-,27+,28+/m1/s1. The second-order valence-corrected chi connectivity index (χ2v) is 13.1. The van der Waals surface area contributed by atoms with Gasteiger partial charge in [0, 0.05) is 49.9 Å². The summed E-state index contributed by atoms with van der Waals surface area (Å²) in [5, 5.41) is 9.06. The number of amides is 3. The van der Waals surface area contributed by atoms with E-state index in [9.17, 15) is 19.2 Å². The maximum Gasteiger partial charge on any atom is 0.275 e. The number of rotatable bonds is 3. The van der Waals surface area contributed by atoms with Crippen LogP contribution in [0.2, 0.25) is 0 Å². The van der Waals surface area contributed by atoms with Crippen LogP contribution < -0.4 is 10.9 Å². The van der Waals surface area contributed by atoms with E-state index in [0.717, 1.165) is 36.8 Å². The van der Waals surface area contributed by atoms with E-state index < -0.39 is 0 Å². The van der Waals surface area contributed by atoms with Gasteiger partial charge in [0.1, 0.15) is 6.54 Å². The molecule has 222 valence electrons. The van der Waals surface area contributed by atoms with Gasteiger partial charge in [-0.2, -0.15) is 5.10 Å². The van der Waals surface area contributed by atoms with Crippen molar-refractivity contribution in [3.8, 4) is 0 Å². The van der Waals surface area contributed by atoms with Gasteiger partial charge >= 0.3 is 0 Å². The van der Waals surface area contributed by atoms with Crippen LogP contribution in [0, 0.1) is 30.6 Å². The summed E-state index contributed by atoms with van der Waals surface area (Å²) < 4.78 is 1.30. The Hall–Kier alpha value is -3.23. The van der Waals surface area contributed by atoms with Gasteiger partial charge in [0.05, 0.1) is 11.1 Å². The molecular formula is C32H45N5O4. The largest absolute Gasteiger partial charge is 0.353 e. The normalized spacial score (nSPS) is 28.0. The van der Waals surface area contributed by atoms with Gasteiger partial charge in [-0.3, -0.25) is 19.2 Å². The van der Waals surface area contributed by atoms with Crippen molar-refractivity contribution in [3.05, 3.63) is 40.3 Å². The lowest BCUT2D eigenvalue weighted by atomic mass is 9.77. The Kier molecular flexibility index (Phi) is 8.80. The molecule has 1 aromatic carbocycles. The van der Waals surface area contributed by atoms with Crippen molar-refractivity contribution < 1.29 is 14.4 Å².